The van der Waals surface area contributed by atoms with Crippen LogP contribution in [-0.2, 0) is 4.79 Å². The number of aliphatic hydroxyl groups is 1. The van der Waals surface area contributed by atoms with Gasteiger partial charge in [-0.25, -0.2) is 0 Å². The number of allylic oxidation sites excluding steroid dienone is 2. The average molecular weight is 363 g/mol. The lowest BCUT2D eigenvalue weighted by Gasteiger charge is -2.45. The lowest BCUT2D eigenvalue weighted by molar-refractivity contribution is -0.113. The molecule has 27 heavy (non-hydrogen) atoms. The van der Waals surface area contributed by atoms with E-state index in [0.29, 0.717) is 6.42 Å². The normalized spacial score (nSPS) is 26.6. The van der Waals surface area contributed by atoms with Gasteiger partial charge in [0.25, 0.3) is 0 Å². The molecule has 0 spiro atoms. The summed E-state index contributed by atoms with van der Waals surface area (Å²) < 4.78 is 0. The van der Waals surface area contributed by atoms with E-state index < -0.39 is 0 Å². The third-order valence-corrected chi connectivity index (χ3v) is 6.11. The van der Waals surface area contributed by atoms with E-state index in [0.717, 1.165) is 54.4 Å². The number of hydrogen-bond donors (Lipinski definition) is 1. The average Bonchev–Trinajstić information content (AvgIpc) is 2.66. The van der Waals surface area contributed by atoms with Gasteiger partial charge in [0.15, 0.2) is 5.78 Å². The predicted octanol–water partition coefficient (Wildman–Crippen LogP) is 5.45. The molecule has 0 amide bonds. The Morgan fingerprint density at radius 2 is 2.04 bits per heavy atom. The van der Waals surface area contributed by atoms with Crippen molar-refractivity contribution in [3.63, 3.8) is 0 Å². The third kappa shape index (κ3) is 4.09. The second-order valence-electron chi connectivity index (χ2n) is 8.13. The molecule has 0 heterocycles. The molecule has 2 aliphatic carbocycles. The summed E-state index contributed by atoms with van der Waals surface area (Å²) in [6.07, 6.45) is 8.21. The Morgan fingerprint density at radius 1 is 1.30 bits per heavy atom. The van der Waals surface area contributed by atoms with Crippen molar-refractivity contribution in [1.82, 2.24) is 0 Å². The van der Waals surface area contributed by atoms with Crippen LogP contribution in [0.5, 0.6) is 0 Å². The minimum Gasteiger partial charge on any atom is -0.392 e. The molecule has 0 radical (unpaired) electrons. The maximum Gasteiger partial charge on any atom is 0.184 e. The Morgan fingerprint density at radius 3 is 2.74 bits per heavy atom. The highest BCUT2D eigenvalue weighted by molar-refractivity contribution is 6.12. The topological polar surface area (TPSA) is 37.3 Å². The van der Waals surface area contributed by atoms with Crippen LogP contribution < -0.4 is 0 Å². The molecule has 2 nitrogen and oxygen atoms in total. The van der Waals surface area contributed by atoms with Gasteiger partial charge in [0.1, 0.15) is 0 Å². The highest BCUT2D eigenvalue weighted by atomic mass is 16.3. The van der Waals surface area contributed by atoms with Crippen LogP contribution in [0.2, 0.25) is 0 Å². The van der Waals surface area contributed by atoms with Crippen molar-refractivity contribution in [3.8, 4) is 11.8 Å². The Balaban J connectivity index is 1.83. The summed E-state index contributed by atoms with van der Waals surface area (Å²) in [7, 11) is 0. The summed E-state index contributed by atoms with van der Waals surface area (Å²) >= 11 is 0. The van der Waals surface area contributed by atoms with E-state index in [-0.39, 0.29) is 17.3 Å². The first-order valence-corrected chi connectivity index (χ1v) is 10.2. The first-order valence-electron chi connectivity index (χ1n) is 10.2. The van der Waals surface area contributed by atoms with Gasteiger partial charge in [0, 0.05) is 23.0 Å². The molecule has 0 bridgehead atoms. The molecular formula is C25H30O2. The van der Waals surface area contributed by atoms with Gasteiger partial charge in [-0.1, -0.05) is 49.8 Å². The Labute approximate surface area is 163 Å². The van der Waals surface area contributed by atoms with Crippen LogP contribution in [0.15, 0.2) is 41.0 Å². The molecule has 1 saturated carbocycles. The molecule has 3 rings (SSSR count). The molecular weight excluding hydrogens is 332 g/mol. The van der Waals surface area contributed by atoms with E-state index in [1.54, 1.807) is 0 Å². The van der Waals surface area contributed by atoms with Gasteiger partial charge in [0.05, 0.1) is 6.10 Å². The predicted molar refractivity (Wildman–Crippen MR) is 111 cm³/mol. The first kappa shape index (κ1) is 19.6. The van der Waals surface area contributed by atoms with Gasteiger partial charge in [-0.05, 0) is 68.4 Å². The highest BCUT2D eigenvalue weighted by Crippen LogP contribution is 2.50. The molecule has 1 aromatic carbocycles. The first-order chi connectivity index (χ1) is 13.0. The van der Waals surface area contributed by atoms with Crippen molar-refractivity contribution in [2.24, 2.45) is 5.41 Å². The maximum absolute atomic E-state index is 12.9. The van der Waals surface area contributed by atoms with E-state index in [9.17, 15) is 9.90 Å². The number of aliphatic hydroxyl groups excluding tert-OH is 1. The monoisotopic (exact) mass is 362 g/mol. The number of rotatable bonds is 3. The minimum atomic E-state index is -0.367. The van der Waals surface area contributed by atoms with Crippen molar-refractivity contribution < 1.29 is 9.90 Å². The zero-order valence-electron chi connectivity index (χ0n) is 16.8. The largest absolute Gasteiger partial charge is 0.392 e. The molecule has 0 aromatic heterocycles. The molecule has 1 N–H and O–H groups in total. The number of hydrogen-bond acceptors (Lipinski definition) is 2. The van der Waals surface area contributed by atoms with Crippen molar-refractivity contribution in [1.29, 1.82) is 0 Å². The maximum atomic E-state index is 12.9. The van der Waals surface area contributed by atoms with E-state index in [1.165, 1.54) is 12.0 Å². The summed E-state index contributed by atoms with van der Waals surface area (Å²) in [5, 5.41) is 10.6. The number of ketones is 1. The van der Waals surface area contributed by atoms with Crippen molar-refractivity contribution in [2.75, 3.05) is 0 Å². The second kappa shape index (κ2) is 8.28. The summed E-state index contributed by atoms with van der Waals surface area (Å²) in [6.45, 7) is 6.21. The fourth-order valence-electron chi connectivity index (χ4n) is 4.38. The molecule has 2 heteroatoms. The summed E-state index contributed by atoms with van der Waals surface area (Å²) in [5.74, 6) is 6.54. The van der Waals surface area contributed by atoms with Gasteiger partial charge >= 0.3 is 0 Å². The van der Waals surface area contributed by atoms with Crippen molar-refractivity contribution >= 4 is 11.9 Å². The lowest BCUT2D eigenvalue weighted by Crippen LogP contribution is -2.42. The SMILES string of the molecule is CCCCC#Cc1ccc(/C=C2\C[C@@]3(C)C(=C(C)C2=O)CCC[C@@H]3O)cc1. The van der Waals surface area contributed by atoms with Crippen LogP contribution in [0, 0.1) is 17.3 Å². The number of carbonyl (C=O) groups is 1. The Kier molecular flexibility index (Phi) is 6.02. The summed E-state index contributed by atoms with van der Waals surface area (Å²) in [4.78, 5) is 12.9. The van der Waals surface area contributed by atoms with Crippen molar-refractivity contribution in [3.05, 3.63) is 52.1 Å². The summed E-state index contributed by atoms with van der Waals surface area (Å²) in [5.41, 5.74) is 4.54. The van der Waals surface area contributed by atoms with E-state index in [4.69, 9.17) is 0 Å². The molecule has 1 fully saturated rings. The quantitative estimate of drug-likeness (QED) is 0.441. The molecule has 142 valence electrons. The second-order valence-corrected chi connectivity index (χ2v) is 8.13. The number of fused-ring (bicyclic) bond motifs is 1. The fourth-order valence-corrected chi connectivity index (χ4v) is 4.38. The number of Topliss-reactive ketones (excluding diaryl/α,β-unsaturated/α-hetero) is 1. The van der Waals surface area contributed by atoms with Crippen LogP contribution >= 0.6 is 0 Å². The number of carbonyl (C=O) groups excluding carboxylic acids is 1. The van der Waals surface area contributed by atoms with Gasteiger partial charge in [0.2, 0.25) is 0 Å². The van der Waals surface area contributed by atoms with Crippen LogP contribution in [0.1, 0.15) is 76.8 Å². The van der Waals surface area contributed by atoms with Crippen LogP contribution in [-0.4, -0.2) is 17.0 Å². The Hall–Kier alpha value is -2.11. The van der Waals surface area contributed by atoms with Gasteiger partial charge in [-0.2, -0.15) is 0 Å². The number of benzene rings is 1. The van der Waals surface area contributed by atoms with E-state index in [1.807, 2.05) is 37.3 Å². The summed E-state index contributed by atoms with van der Waals surface area (Å²) in [6, 6.07) is 8.09. The molecule has 0 saturated heterocycles. The fraction of sp³-hybridized carbons (Fsp3) is 0.480. The smallest absolute Gasteiger partial charge is 0.184 e. The molecule has 2 atom stereocenters. The molecule has 0 aliphatic heterocycles. The van der Waals surface area contributed by atoms with Crippen molar-refractivity contribution in [2.45, 2.75) is 71.8 Å². The van der Waals surface area contributed by atoms with E-state index >= 15 is 0 Å². The van der Waals surface area contributed by atoms with Crippen LogP contribution in [0.3, 0.4) is 0 Å². The molecule has 0 unspecified atom stereocenters. The van der Waals surface area contributed by atoms with Gasteiger partial charge in [-0.15, -0.1) is 0 Å². The van der Waals surface area contributed by atoms with Crippen LogP contribution in [0.4, 0.5) is 0 Å². The van der Waals surface area contributed by atoms with Crippen LogP contribution in [0.25, 0.3) is 6.08 Å². The zero-order chi connectivity index (χ0) is 19.4. The standard InChI is InChI=1S/C25H30O2/c1-4-5-6-7-9-19-12-14-20(15-13-19)16-21-17-25(3)22(18(2)24(21)27)10-8-11-23(25)26/h12-16,23,26H,4-6,8,10-11,17H2,1-3H3/b21-16+/t23-,25-/m0/s1. The minimum absolute atomic E-state index is 0.139. The third-order valence-electron chi connectivity index (χ3n) is 6.11. The number of unbranched alkanes of at least 4 members (excludes halogenated alkanes) is 2. The Bertz CT molecular complexity index is 829. The molecule has 1 aromatic rings. The van der Waals surface area contributed by atoms with Gasteiger partial charge < -0.3 is 5.11 Å². The highest BCUT2D eigenvalue weighted by Gasteiger charge is 2.45. The van der Waals surface area contributed by atoms with E-state index in [2.05, 4.69) is 25.7 Å². The zero-order valence-corrected chi connectivity index (χ0v) is 16.8. The lowest BCUT2D eigenvalue weighted by atomic mass is 9.61. The molecule has 2 aliphatic rings. The van der Waals surface area contributed by atoms with Gasteiger partial charge in [-0.3, -0.25) is 4.79 Å².